The van der Waals surface area contributed by atoms with Gasteiger partial charge in [-0.1, -0.05) is 26.8 Å². The summed E-state index contributed by atoms with van der Waals surface area (Å²) in [6.07, 6.45) is 0. The van der Waals surface area contributed by atoms with Crippen molar-refractivity contribution in [2.45, 2.75) is 26.2 Å². The first kappa shape index (κ1) is 13.0. The number of benzene rings is 1. The van der Waals surface area contributed by atoms with E-state index in [9.17, 15) is 4.79 Å². The Morgan fingerprint density at radius 3 is 2.85 bits per heavy atom. The highest BCUT2D eigenvalue weighted by atomic mass is 16.4. The van der Waals surface area contributed by atoms with Gasteiger partial charge in [0.05, 0.1) is 0 Å². The van der Waals surface area contributed by atoms with Gasteiger partial charge in [0.15, 0.2) is 5.58 Å². The summed E-state index contributed by atoms with van der Waals surface area (Å²) in [5, 5.41) is 2.79. The van der Waals surface area contributed by atoms with Gasteiger partial charge in [-0.2, -0.15) is 4.98 Å². The van der Waals surface area contributed by atoms with Crippen LogP contribution in [0.3, 0.4) is 0 Å². The SMILES string of the molecule is CC(C)(C)c1ccc2oc(N3CCNC(=O)C3)nc2c1. The van der Waals surface area contributed by atoms with Crippen molar-refractivity contribution in [2.24, 2.45) is 0 Å². The van der Waals surface area contributed by atoms with Crippen molar-refractivity contribution in [3.05, 3.63) is 23.8 Å². The van der Waals surface area contributed by atoms with Crippen LogP contribution < -0.4 is 10.2 Å². The minimum atomic E-state index is 0.00823. The van der Waals surface area contributed by atoms with E-state index in [-0.39, 0.29) is 11.3 Å². The Bertz CT molecular complexity index is 655. The van der Waals surface area contributed by atoms with E-state index in [0.717, 1.165) is 17.6 Å². The first-order valence-corrected chi connectivity index (χ1v) is 6.86. The van der Waals surface area contributed by atoms with Gasteiger partial charge in [-0.05, 0) is 23.1 Å². The zero-order valence-corrected chi connectivity index (χ0v) is 12.1. The number of fused-ring (bicyclic) bond motifs is 1. The molecule has 1 aliphatic heterocycles. The zero-order valence-electron chi connectivity index (χ0n) is 12.1. The van der Waals surface area contributed by atoms with E-state index in [1.807, 2.05) is 11.0 Å². The van der Waals surface area contributed by atoms with Crippen LogP contribution in [0.4, 0.5) is 6.01 Å². The summed E-state index contributed by atoms with van der Waals surface area (Å²) >= 11 is 0. The normalized spacial score (nSPS) is 16.6. The largest absolute Gasteiger partial charge is 0.423 e. The number of carbonyl (C=O) groups is 1. The molecule has 106 valence electrons. The molecule has 0 unspecified atom stereocenters. The molecule has 3 rings (SSSR count). The molecule has 5 heteroatoms. The molecule has 5 nitrogen and oxygen atoms in total. The van der Waals surface area contributed by atoms with Crippen LogP contribution in [0, 0.1) is 0 Å². The van der Waals surface area contributed by atoms with Crippen LogP contribution in [0.1, 0.15) is 26.3 Å². The monoisotopic (exact) mass is 273 g/mol. The Labute approximate surface area is 118 Å². The van der Waals surface area contributed by atoms with E-state index in [0.29, 0.717) is 19.1 Å². The van der Waals surface area contributed by atoms with Crippen LogP contribution in [0.2, 0.25) is 0 Å². The number of carbonyl (C=O) groups excluding carboxylic acids is 1. The molecule has 1 aliphatic rings. The maximum atomic E-state index is 11.4. The summed E-state index contributed by atoms with van der Waals surface area (Å²) < 4.78 is 5.76. The predicted octanol–water partition coefficient (Wildman–Crippen LogP) is 2.06. The molecule has 1 N–H and O–H groups in total. The number of rotatable bonds is 1. The maximum absolute atomic E-state index is 11.4. The summed E-state index contributed by atoms with van der Waals surface area (Å²) in [7, 11) is 0. The van der Waals surface area contributed by atoms with Gasteiger partial charge in [-0.15, -0.1) is 0 Å². The second kappa shape index (κ2) is 4.51. The van der Waals surface area contributed by atoms with E-state index in [2.05, 4.69) is 43.2 Å². The van der Waals surface area contributed by atoms with Crippen molar-refractivity contribution >= 4 is 23.0 Å². The first-order valence-electron chi connectivity index (χ1n) is 6.86. The van der Waals surface area contributed by atoms with Crippen LogP contribution in [0.15, 0.2) is 22.6 Å². The van der Waals surface area contributed by atoms with Gasteiger partial charge in [-0.25, -0.2) is 0 Å². The standard InChI is InChI=1S/C15H19N3O2/c1-15(2,3)10-4-5-12-11(8-10)17-14(20-12)18-7-6-16-13(19)9-18/h4-5,8H,6-7,9H2,1-3H3,(H,16,19). The summed E-state index contributed by atoms with van der Waals surface area (Å²) in [6.45, 7) is 8.17. The second-order valence-corrected chi connectivity index (χ2v) is 6.20. The molecule has 0 aliphatic carbocycles. The fourth-order valence-corrected chi connectivity index (χ4v) is 2.32. The molecular weight excluding hydrogens is 254 g/mol. The van der Waals surface area contributed by atoms with Gasteiger partial charge >= 0.3 is 0 Å². The number of nitrogens with one attached hydrogen (secondary N) is 1. The quantitative estimate of drug-likeness (QED) is 0.864. The zero-order chi connectivity index (χ0) is 14.3. The minimum Gasteiger partial charge on any atom is -0.423 e. The van der Waals surface area contributed by atoms with Crippen LogP contribution in [0.25, 0.3) is 11.1 Å². The van der Waals surface area contributed by atoms with Crippen molar-refractivity contribution in [3.63, 3.8) is 0 Å². The molecule has 1 aromatic heterocycles. The Morgan fingerprint density at radius 1 is 1.35 bits per heavy atom. The fourth-order valence-electron chi connectivity index (χ4n) is 2.32. The average molecular weight is 273 g/mol. The third-order valence-corrected chi connectivity index (χ3v) is 3.55. The number of amides is 1. The van der Waals surface area contributed by atoms with Crippen molar-refractivity contribution in [2.75, 3.05) is 24.5 Å². The summed E-state index contributed by atoms with van der Waals surface area (Å²) in [5.41, 5.74) is 2.91. The van der Waals surface area contributed by atoms with Gasteiger partial charge in [0.1, 0.15) is 12.1 Å². The number of oxazole rings is 1. The van der Waals surface area contributed by atoms with Crippen molar-refractivity contribution in [1.82, 2.24) is 10.3 Å². The Balaban J connectivity index is 1.96. The number of piperazine rings is 1. The molecule has 2 aromatic rings. The molecular formula is C15H19N3O2. The Hall–Kier alpha value is -2.04. The van der Waals surface area contributed by atoms with Gasteiger partial charge in [0, 0.05) is 13.1 Å². The number of nitrogens with zero attached hydrogens (tertiary/aromatic N) is 2. The molecule has 0 saturated carbocycles. The van der Waals surface area contributed by atoms with Crippen molar-refractivity contribution in [3.8, 4) is 0 Å². The molecule has 0 radical (unpaired) electrons. The third kappa shape index (κ3) is 2.35. The van der Waals surface area contributed by atoms with Crippen LogP contribution in [0.5, 0.6) is 0 Å². The summed E-state index contributed by atoms with van der Waals surface area (Å²) in [6, 6.07) is 6.61. The Kier molecular flexibility index (Phi) is 2.92. The van der Waals surface area contributed by atoms with Crippen molar-refractivity contribution in [1.29, 1.82) is 0 Å². The highest BCUT2D eigenvalue weighted by Crippen LogP contribution is 2.28. The Morgan fingerprint density at radius 2 is 2.15 bits per heavy atom. The van der Waals surface area contributed by atoms with Gasteiger partial charge in [0.2, 0.25) is 5.91 Å². The van der Waals surface area contributed by atoms with Crippen LogP contribution in [-0.2, 0) is 10.2 Å². The molecule has 0 spiro atoms. The summed E-state index contributed by atoms with van der Waals surface area (Å²) in [4.78, 5) is 17.8. The van der Waals surface area contributed by atoms with Crippen LogP contribution in [-0.4, -0.2) is 30.5 Å². The average Bonchev–Trinajstić information content (AvgIpc) is 2.80. The molecule has 1 amide bonds. The van der Waals surface area contributed by atoms with E-state index < -0.39 is 0 Å². The van der Waals surface area contributed by atoms with Gasteiger partial charge in [0.25, 0.3) is 6.01 Å². The molecule has 0 bridgehead atoms. The number of hydrogen-bond acceptors (Lipinski definition) is 4. The lowest BCUT2D eigenvalue weighted by molar-refractivity contribution is -0.120. The highest BCUT2D eigenvalue weighted by Gasteiger charge is 2.22. The lowest BCUT2D eigenvalue weighted by atomic mass is 9.87. The molecule has 1 fully saturated rings. The topological polar surface area (TPSA) is 58.4 Å². The molecule has 2 heterocycles. The van der Waals surface area contributed by atoms with E-state index >= 15 is 0 Å². The number of aromatic nitrogens is 1. The minimum absolute atomic E-state index is 0.00823. The summed E-state index contributed by atoms with van der Waals surface area (Å²) in [5.74, 6) is 0.00823. The second-order valence-electron chi connectivity index (χ2n) is 6.20. The van der Waals surface area contributed by atoms with Crippen molar-refractivity contribution < 1.29 is 9.21 Å². The highest BCUT2D eigenvalue weighted by molar-refractivity contribution is 5.83. The number of anilines is 1. The lowest BCUT2D eigenvalue weighted by Crippen LogP contribution is -2.47. The maximum Gasteiger partial charge on any atom is 0.298 e. The fraction of sp³-hybridized carbons (Fsp3) is 0.467. The molecule has 1 aromatic carbocycles. The van der Waals surface area contributed by atoms with Crippen LogP contribution >= 0.6 is 0 Å². The third-order valence-electron chi connectivity index (χ3n) is 3.55. The van der Waals surface area contributed by atoms with E-state index in [1.165, 1.54) is 5.56 Å². The van der Waals surface area contributed by atoms with E-state index in [4.69, 9.17) is 4.42 Å². The predicted molar refractivity (Wildman–Crippen MR) is 77.9 cm³/mol. The van der Waals surface area contributed by atoms with Gasteiger partial charge in [-0.3, -0.25) is 4.79 Å². The first-order chi connectivity index (χ1) is 9.43. The van der Waals surface area contributed by atoms with E-state index in [1.54, 1.807) is 0 Å². The molecule has 0 atom stereocenters. The molecule has 20 heavy (non-hydrogen) atoms. The number of hydrogen-bond donors (Lipinski definition) is 1. The smallest absolute Gasteiger partial charge is 0.298 e. The van der Waals surface area contributed by atoms with Gasteiger partial charge < -0.3 is 14.6 Å². The lowest BCUT2D eigenvalue weighted by Gasteiger charge is -2.24. The molecule has 1 saturated heterocycles.